The Bertz CT molecular complexity index is 1150. The van der Waals surface area contributed by atoms with Crippen molar-refractivity contribution in [1.82, 2.24) is 19.0 Å². The summed E-state index contributed by atoms with van der Waals surface area (Å²) in [6.07, 6.45) is 0.715. The van der Waals surface area contributed by atoms with Crippen molar-refractivity contribution in [3.05, 3.63) is 29.5 Å². The van der Waals surface area contributed by atoms with E-state index in [9.17, 15) is 18.0 Å². The molecule has 0 unspecified atom stereocenters. The summed E-state index contributed by atoms with van der Waals surface area (Å²) in [6, 6.07) is 5.22. The van der Waals surface area contributed by atoms with Crippen LogP contribution >= 0.6 is 0 Å². The number of fused-ring (bicyclic) bond motifs is 1. The van der Waals surface area contributed by atoms with Gasteiger partial charge >= 0.3 is 0 Å². The van der Waals surface area contributed by atoms with Crippen molar-refractivity contribution in [1.29, 1.82) is 0 Å². The summed E-state index contributed by atoms with van der Waals surface area (Å²) in [6.45, 7) is 5.93. The lowest BCUT2D eigenvalue weighted by atomic mass is 10.0. The lowest BCUT2D eigenvalue weighted by Crippen LogP contribution is -2.47. The van der Waals surface area contributed by atoms with Crippen LogP contribution in [0.5, 0.6) is 0 Å². The molecular weight excluding hydrogens is 418 g/mol. The zero-order valence-corrected chi connectivity index (χ0v) is 18.8. The lowest BCUT2D eigenvalue weighted by molar-refractivity contribution is -0.116. The standard InChI is InChI=1S/C21H27N5O4S/c1-4-16-20(21-22-18(27)7-8-19(28)26(21)23-16)15-6-5-14(2)17(13-15)31(29,30)25-11-9-24(3)10-12-25/h5-6,13H,4,7-12H2,1-3H3,(H,22,27). The number of likely N-dealkylation sites (N-methyl/N-ethyl adjacent to an activating group) is 1. The number of piperazine rings is 1. The molecule has 10 heteroatoms. The van der Waals surface area contributed by atoms with Crippen molar-refractivity contribution >= 4 is 27.7 Å². The SMILES string of the molecule is CCc1nn2c(c1-c1ccc(C)c(S(=O)(=O)N3CCN(C)CC3)c1)NC(=O)CCC2=O. The first kappa shape index (κ1) is 21.7. The summed E-state index contributed by atoms with van der Waals surface area (Å²) < 4.78 is 29.6. The van der Waals surface area contributed by atoms with Gasteiger partial charge in [-0.2, -0.15) is 14.1 Å². The Morgan fingerprint density at radius 1 is 1.10 bits per heavy atom. The summed E-state index contributed by atoms with van der Waals surface area (Å²) in [4.78, 5) is 27.0. The average molecular weight is 446 g/mol. The Balaban J connectivity index is 1.83. The molecule has 0 bridgehead atoms. The number of nitrogens with one attached hydrogen (secondary N) is 1. The third-order valence-electron chi connectivity index (χ3n) is 5.91. The number of aromatic nitrogens is 2. The van der Waals surface area contributed by atoms with Gasteiger partial charge in [0, 0.05) is 44.6 Å². The smallest absolute Gasteiger partial charge is 0.249 e. The van der Waals surface area contributed by atoms with E-state index in [1.54, 1.807) is 19.1 Å². The molecule has 0 radical (unpaired) electrons. The molecule has 1 N–H and O–H groups in total. The summed E-state index contributed by atoms with van der Waals surface area (Å²) in [5.41, 5.74) is 2.50. The maximum Gasteiger partial charge on any atom is 0.249 e. The molecule has 0 spiro atoms. The van der Waals surface area contributed by atoms with E-state index in [-0.39, 0.29) is 29.6 Å². The Morgan fingerprint density at radius 3 is 2.48 bits per heavy atom. The fourth-order valence-corrected chi connectivity index (χ4v) is 5.71. The van der Waals surface area contributed by atoms with E-state index in [1.807, 2.05) is 20.0 Å². The summed E-state index contributed by atoms with van der Waals surface area (Å²) in [7, 11) is -1.70. The normalized spacial score (nSPS) is 18.5. The van der Waals surface area contributed by atoms with Crippen LogP contribution in [0.4, 0.5) is 5.82 Å². The molecule has 1 aromatic carbocycles. The predicted octanol–water partition coefficient (Wildman–Crippen LogP) is 1.73. The second-order valence-electron chi connectivity index (χ2n) is 8.07. The number of aryl methyl sites for hydroxylation is 2. The summed E-state index contributed by atoms with van der Waals surface area (Å²) >= 11 is 0. The van der Waals surface area contributed by atoms with Crippen LogP contribution in [0.3, 0.4) is 0 Å². The van der Waals surface area contributed by atoms with E-state index in [2.05, 4.69) is 15.3 Å². The van der Waals surface area contributed by atoms with Gasteiger partial charge in [-0.15, -0.1) is 0 Å². The van der Waals surface area contributed by atoms with Crippen molar-refractivity contribution in [3.8, 4) is 11.1 Å². The van der Waals surface area contributed by atoms with Crippen molar-refractivity contribution in [2.45, 2.75) is 38.0 Å². The number of benzene rings is 1. The molecule has 166 valence electrons. The first-order chi connectivity index (χ1) is 14.7. The van der Waals surface area contributed by atoms with Crippen LogP contribution in [0.25, 0.3) is 11.1 Å². The molecule has 31 heavy (non-hydrogen) atoms. The van der Waals surface area contributed by atoms with Gasteiger partial charge in [-0.05, 0) is 37.6 Å². The maximum absolute atomic E-state index is 13.4. The molecule has 1 saturated heterocycles. The highest BCUT2D eigenvalue weighted by atomic mass is 32.2. The second-order valence-corrected chi connectivity index (χ2v) is 9.97. The minimum atomic E-state index is -3.67. The van der Waals surface area contributed by atoms with Gasteiger partial charge in [0.25, 0.3) is 0 Å². The number of nitrogens with zero attached hydrogens (tertiary/aromatic N) is 4. The van der Waals surface area contributed by atoms with Crippen LogP contribution in [0.1, 0.15) is 35.8 Å². The van der Waals surface area contributed by atoms with E-state index < -0.39 is 10.0 Å². The molecule has 2 aliphatic rings. The van der Waals surface area contributed by atoms with Gasteiger partial charge in [-0.25, -0.2) is 8.42 Å². The summed E-state index contributed by atoms with van der Waals surface area (Å²) in [5.74, 6) is -0.198. The van der Waals surface area contributed by atoms with Crippen LogP contribution in [0.15, 0.2) is 23.1 Å². The quantitative estimate of drug-likeness (QED) is 0.769. The maximum atomic E-state index is 13.4. The summed E-state index contributed by atoms with van der Waals surface area (Å²) in [5, 5.41) is 7.21. The predicted molar refractivity (Wildman–Crippen MR) is 117 cm³/mol. The number of anilines is 1. The highest BCUT2D eigenvalue weighted by Gasteiger charge is 2.31. The molecule has 2 aromatic rings. The third-order valence-corrected chi connectivity index (χ3v) is 7.95. The highest BCUT2D eigenvalue weighted by molar-refractivity contribution is 7.89. The number of carbonyl (C=O) groups is 2. The van der Waals surface area contributed by atoms with Gasteiger partial charge in [-0.1, -0.05) is 19.1 Å². The van der Waals surface area contributed by atoms with Crippen molar-refractivity contribution in [3.63, 3.8) is 0 Å². The fourth-order valence-electron chi connectivity index (χ4n) is 4.03. The number of sulfonamides is 1. The molecule has 1 amide bonds. The molecule has 0 saturated carbocycles. The molecule has 9 nitrogen and oxygen atoms in total. The molecule has 1 aromatic heterocycles. The Hall–Kier alpha value is -2.56. The van der Waals surface area contributed by atoms with Gasteiger partial charge in [0.05, 0.1) is 10.6 Å². The van der Waals surface area contributed by atoms with Gasteiger partial charge in [0.2, 0.25) is 21.8 Å². The van der Waals surface area contributed by atoms with Crippen LogP contribution in [0, 0.1) is 6.92 Å². The minimum Gasteiger partial charge on any atom is -0.310 e. The second kappa shape index (κ2) is 8.18. The first-order valence-corrected chi connectivity index (χ1v) is 11.9. The number of rotatable bonds is 4. The Morgan fingerprint density at radius 2 is 1.81 bits per heavy atom. The van der Waals surface area contributed by atoms with E-state index in [0.29, 0.717) is 60.8 Å². The third kappa shape index (κ3) is 3.90. The molecule has 0 aliphatic carbocycles. The van der Waals surface area contributed by atoms with Gasteiger partial charge < -0.3 is 10.2 Å². The largest absolute Gasteiger partial charge is 0.310 e. The molecular formula is C21H27N5O4S. The molecule has 0 atom stereocenters. The Kier molecular flexibility index (Phi) is 5.71. The van der Waals surface area contributed by atoms with Gasteiger partial charge in [0.1, 0.15) is 5.82 Å². The van der Waals surface area contributed by atoms with Crippen molar-refractivity contribution in [2.24, 2.45) is 0 Å². The van der Waals surface area contributed by atoms with Crippen LogP contribution in [-0.2, 0) is 21.2 Å². The lowest BCUT2D eigenvalue weighted by Gasteiger charge is -2.32. The molecule has 1 fully saturated rings. The zero-order chi connectivity index (χ0) is 22.3. The van der Waals surface area contributed by atoms with Crippen LogP contribution in [-0.4, -0.2) is 72.4 Å². The monoisotopic (exact) mass is 445 g/mol. The fraction of sp³-hybridized carbons (Fsp3) is 0.476. The number of amides is 1. The van der Waals surface area contributed by atoms with Crippen LogP contribution in [0.2, 0.25) is 0 Å². The van der Waals surface area contributed by atoms with Crippen LogP contribution < -0.4 is 5.32 Å². The van der Waals surface area contributed by atoms with Gasteiger partial charge in [0.15, 0.2) is 0 Å². The number of hydrogen-bond donors (Lipinski definition) is 1. The van der Waals surface area contributed by atoms with Crippen molar-refractivity contribution in [2.75, 3.05) is 38.5 Å². The minimum absolute atomic E-state index is 0.0834. The Labute approximate surface area is 182 Å². The zero-order valence-electron chi connectivity index (χ0n) is 18.0. The number of carbonyl (C=O) groups excluding carboxylic acids is 2. The van der Waals surface area contributed by atoms with Crippen molar-refractivity contribution < 1.29 is 18.0 Å². The van der Waals surface area contributed by atoms with Gasteiger partial charge in [-0.3, -0.25) is 9.59 Å². The topological polar surface area (TPSA) is 105 Å². The van der Waals surface area contributed by atoms with E-state index in [1.165, 1.54) is 8.99 Å². The van der Waals surface area contributed by atoms with E-state index in [0.717, 1.165) is 0 Å². The molecule has 3 heterocycles. The molecule has 4 rings (SSSR count). The van der Waals surface area contributed by atoms with E-state index >= 15 is 0 Å². The molecule has 2 aliphatic heterocycles. The first-order valence-electron chi connectivity index (χ1n) is 10.5. The van der Waals surface area contributed by atoms with E-state index in [4.69, 9.17) is 0 Å². The number of hydrogen-bond acceptors (Lipinski definition) is 6. The highest BCUT2D eigenvalue weighted by Crippen LogP contribution is 2.36. The average Bonchev–Trinajstić information content (AvgIpc) is 3.04.